The van der Waals surface area contributed by atoms with Crippen molar-refractivity contribution in [3.63, 3.8) is 0 Å². The molecule has 0 amide bonds. The topological polar surface area (TPSA) is 69.7 Å². The van der Waals surface area contributed by atoms with Crippen LogP contribution >= 0.6 is 0 Å². The Balaban J connectivity index is 2.73. The van der Waals surface area contributed by atoms with E-state index in [1.807, 2.05) is 12.1 Å². The molecule has 0 fully saturated rings. The summed E-state index contributed by atoms with van der Waals surface area (Å²) in [6.45, 7) is 0. The van der Waals surface area contributed by atoms with Crippen LogP contribution in [0.3, 0.4) is 0 Å². The zero-order valence-corrected chi connectivity index (χ0v) is 11.2. The largest absolute Gasteiger partial charge is 0.465 e. The van der Waals surface area contributed by atoms with Crippen molar-refractivity contribution in [3.05, 3.63) is 42.0 Å². The van der Waals surface area contributed by atoms with Gasteiger partial charge in [0.05, 0.1) is 13.4 Å². The van der Waals surface area contributed by atoms with Gasteiger partial charge in [0, 0.05) is 5.39 Å². The molecule has 0 saturated heterocycles. The van der Waals surface area contributed by atoms with Crippen LogP contribution in [-0.4, -0.2) is 27.8 Å². The monoisotopic (exact) mass is 280 g/mol. The van der Waals surface area contributed by atoms with Crippen molar-refractivity contribution in [3.8, 4) is 5.75 Å². The average Bonchev–Trinajstić information content (AvgIpc) is 2.36. The van der Waals surface area contributed by atoms with Crippen molar-refractivity contribution in [2.45, 2.75) is 0 Å². The minimum absolute atomic E-state index is 0.0342. The third kappa shape index (κ3) is 2.85. The van der Waals surface area contributed by atoms with Crippen LogP contribution in [0.5, 0.6) is 5.75 Å². The highest BCUT2D eigenvalue weighted by atomic mass is 32.2. The second-order valence-electron chi connectivity index (χ2n) is 3.94. The van der Waals surface area contributed by atoms with E-state index in [1.54, 1.807) is 18.2 Å². The van der Waals surface area contributed by atoms with E-state index >= 15 is 0 Å². The second-order valence-corrected chi connectivity index (χ2v) is 5.51. The van der Waals surface area contributed by atoms with Crippen LogP contribution < -0.4 is 4.18 Å². The number of hydrogen-bond donors (Lipinski definition) is 0. The Hall–Kier alpha value is -2.08. The highest BCUT2D eigenvalue weighted by Crippen LogP contribution is 2.29. The number of methoxy groups -OCH3 is 1. The molecule has 5 nitrogen and oxygen atoms in total. The van der Waals surface area contributed by atoms with Crippen LogP contribution in [0.15, 0.2) is 36.4 Å². The van der Waals surface area contributed by atoms with Gasteiger partial charge >= 0.3 is 16.1 Å². The van der Waals surface area contributed by atoms with Gasteiger partial charge in [-0.2, -0.15) is 8.42 Å². The molecule has 0 radical (unpaired) electrons. The van der Waals surface area contributed by atoms with Crippen molar-refractivity contribution in [2.75, 3.05) is 13.4 Å². The first kappa shape index (κ1) is 13.4. The van der Waals surface area contributed by atoms with E-state index in [0.29, 0.717) is 5.39 Å². The standard InChI is InChI=1S/C13H12O5S/c1-17-13(14)12-10-6-4-3-5-9(10)7-8-11(12)18-19(2,15)16/h3-8H,1-2H3. The maximum absolute atomic E-state index is 11.8. The molecule has 6 heteroatoms. The molecule has 100 valence electrons. The van der Waals surface area contributed by atoms with Crippen molar-refractivity contribution in [1.82, 2.24) is 0 Å². The zero-order chi connectivity index (χ0) is 14.0. The van der Waals surface area contributed by atoms with E-state index in [9.17, 15) is 13.2 Å². The van der Waals surface area contributed by atoms with Crippen LogP contribution in [0.25, 0.3) is 10.8 Å². The van der Waals surface area contributed by atoms with Crippen LogP contribution in [0.1, 0.15) is 10.4 Å². The molecule has 2 aromatic carbocycles. The van der Waals surface area contributed by atoms with E-state index in [0.717, 1.165) is 11.6 Å². The van der Waals surface area contributed by atoms with Gasteiger partial charge in [-0.3, -0.25) is 0 Å². The summed E-state index contributed by atoms with van der Waals surface area (Å²) in [6.07, 6.45) is 0.920. The van der Waals surface area contributed by atoms with Gasteiger partial charge < -0.3 is 8.92 Å². The molecule has 2 aromatic rings. The molecule has 0 bridgehead atoms. The van der Waals surface area contributed by atoms with Gasteiger partial charge in [-0.15, -0.1) is 0 Å². The quantitative estimate of drug-likeness (QED) is 0.635. The Bertz CT molecular complexity index is 734. The second kappa shape index (κ2) is 4.89. The third-order valence-corrected chi connectivity index (χ3v) is 3.00. The predicted octanol–water partition coefficient (Wildman–Crippen LogP) is 1.96. The first-order valence-electron chi connectivity index (χ1n) is 5.42. The lowest BCUT2D eigenvalue weighted by atomic mass is 10.0. The summed E-state index contributed by atoms with van der Waals surface area (Å²) >= 11 is 0. The van der Waals surface area contributed by atoms with Crippen LogP contribution in [0, 0.1) is 0 Å². The number of esters is 1. The van der Waals surface area contributed by atoms with Crippen molar-refractivity contribution in [1.29, 1.82) is 0 Å². The Morgan fingerprint density at radius 1 is 1.11 bits per heavy atom. The fraction of sp³-hybridized carbons (Fsp3) is 0.154. The maximum Gasteiger partial charge on any atom is 0.342 e. The van der Waals surface area contributed by atoms with Gasteiger partial charge in [0.2, 0.25) is 0 Å². The third-order valence-electron chi connectivity index (χ3n) is 2.52. The summed E-state index contributed by atoms with van der Waals surface area (Å²) in [5, 5.41) is 1.37. The molecule has 0 saturated carbocycles. The van der Waals surface area contributed by atoms with Crippen LogP contribution in [-0.2, 0) is 14.9 Å². The van der Waals surface area contributed by atoms with E-state index in [4.69, 9.17) is 4.18 Å². The first-order valence-corrected chi connectivity index (χ1v) is 7.23. The summed E-state index contributed by atoms with van der Waals surface area (Å²) in [6, 6.07) is 10.2. The number of hydrogen-bond acceptors (Lipinski definition) is 5. The van der Waals surface area contributed by atoms with Gasteiger partial charge in [0.25, 0.3) is 0 Å². The molecular weight excluding hydrogens is 268 g/mol. The molecule has 0 aliphatic rings. The van der Waals surface area contributed by atoms with Crippen molar-refractivity contribution in [2.24, 2.45) is 0 Å². The zero-order valence-electron chi connectivity index (χ0n) is 10.4. The number of carbonyl (C=O) groups is 1. The molecule has 0 aliphatic carbocycles. The number of ether oxygens (including phenoxy) is 1. The fourth-order valence-corrected chi connectivity index (χ4v) is 2.26. The van der Waals surface area contributed by atoms with E-state index < -0.39 is 16.1 Å². The van der Waals surface area contributed by atoms with Crippen molar-refractivity contribution >= 4 is 26.9 Å². The molecule has 0 aliphatic heterocycles. The Morgan fingerprint density at radius 2 is 1.79 bits per heavy atom. The normalized spacial score (nSPS) is 11.3. The number of fused-ring (bicyclic) bond motifs is 1. The first-order chi connectivity index (χ1) is 8.92. The lowest BCUT2D eigenvalue weighted by Crippen LogP contribution is -2.11. The Morgan fingerprint density at radius 3 is 2.42 bits per heavy atom. The van der Waals surface area contributed by atoms with Crippen LogP contribution in [0.4, 0.5) is 0 Å². The van der Waals surface area contributed by atoms with Gasteiger partial charge in [-0.25, -0.2) is 4.79 Å². The van der Waals surface area contributed by atoms with E-state index in [1.165, 1.54) is 13.2 Å². The van der Waals surface area contributed by atoms with Gasteiger partial charge in [0.1, 0.15) is 5.56 Å². The Kier molecular flexibility index (Phi) is 3.44. The lowest BCUT2D eigenvalue weighted by molar-refractivity contribution is 0.0601. The summed E-state index contributed by atoms with van der Waals surface area (Å²) in [5.74, 6) is -0.677. The minimum atomic E-state index is -3.72. The number of carbonyl (C=O) groups excluding carboxylic acids is 1. The van der Waals surface area contributed by atoms with E-state index in [-0.39, 0.29) is 11.3 Å². The predicted molar refractivity (Wildman–Crippen MR) is 70.8 cm³/mol. The molecule has 19 heavy (non-hydrogen) atoms. The van der Waals surface area contributed by atoms with Gasteiger partial charge in [-0.05, 0) is 11.5 Å². The van der Waals surface area contributed by atoms with Crippen molar-refractivity contribution < 1.29 is 22.1 Å². The smallest absolute Gasteiger partial charge is 0.342 e. The lowest BCUT2D eigenvalue weighted by Gasteiger charge is -2.11. The molecule has 0 N–H and O–H groups in total. The number of benzene rings is 2. The minimum Gasteiger partial charge on any atom is -0.465 e. The molecular formula is C13H12O5S. The van der Waals surface area contributed by atoms with Gasteiger partial charge in [-0.1, -0.05) is 30.3 Å². The Labute approximate surface area is 110 Å². The highest BCUT2D eigenvalue weighted by Gasteiger charge is 2.19. The summed E-state index contributed by atoms with van der Waals surface area (Å²) in [7, 11) is -2.49. The fourth-order valence-electron chi connectivity index (χ4n) is 1.80. The molecule has 0 heterocycles. The van der Waals surface area contributed by atoms with Crippen LogP contribution in [0.2, 0.25) is 0 Å². The SMILES string of the molecule is COC(=O)c1c(OS(C)(=O)=O)ccc2ccccc12. The molecule has 0 unspecified atom stereocenters. The maximum atomic E-state index is 11.8. The molecule has 0 spiro atoms. The molecule has 2 rings (SSSR count). The van der Waals surface area contributed by atoms with Gasteiger partial charge in [0.15, 0.2) is 5.75 Å². The molecule has 0 atom stereocenters. The molecule has 0 aromatic heterocycles. The summed E-state index contributed by atoms with van der Waals surface area (Å²) in [4.78, 5) is 11.8. The number of rotatable bonds is 3. The summed E-state index contributed by atoms with van der Waals surface area (Å²) in [5.41, 5.74) is 0.103. The van der Waals surface area contributed by atoms with E-state index in [2.05, 4.69) is 4.74 Å². The average molecular weight is 280 g/mol. The summed E-state index contributed by atoms with van der Waals surface area (Å²) < 4.78 is 32.0. The highest BCUT2D eigenvalue weighted by molar-refractivity contribution is 7.86.